The van der Waals surface area contributed by atoms with Crippen LogP contribution in [0.1, 0.15) is 21.5 Å². The van der Waals surface area contributed by atoms with E-state index in [1.165, 1.54) is 13.2 Å². The van der Waals surface area contributed by atoms with Crippen molar-refractivity contribution in [3.05, 3.63) is 70.8 Å². The molecule has 4 nitrogen and oxygen atoms in total. The van der Waals surface area contributed by atoms with Gasteiger partial charge in [0.2, 0.25) is 5.91 Å². The maximum Gasteiger partial charge on any atom is 0.338 e. The van der Waals surface area contributed by atoms with Crippen molar-refractivity contribution >= 4 is 23.6 Å². The SMILES string of the molecule is COC(=O)c1cccc(NC(=O)C=Cc2c(F)cccc2F)c1C. The first-order valence-electron chi connectivity index (χ1n) is 7.05. The van der Waals surface area contributed by atoms with Gasteiger partial charge in [-0.15, -0.1) is 0 Å². The minimum atomic E-state index is -0.761. The molecule has 0 aliphatic rings. The monoisotopic (exact) mass is 331 g/mol. The predicted molar refractivity (Wildman–Crippen MR) is 86.5 cm³/mol. The second-order valence-electron chi connectivity index (χ2n) is 4.93. The highest BCUT2D eigenvalue weighted by molar-refractivity contribution is 6.03. The molecule has 0 aliphatic carbocycles. The Balaban J connectivity index is 2.19. The summed E-state index contributed by atoms with van der Waals surface area (Å²) in [6, 6.07) is 8.21. The number of anilines is 1. The van der Waals surface area contributed by atoms with Crippen molar-refractivity contribution in [1.29, 1.82) is 0 Å². The number of benzene rings is 2. The molecule has 0 saturated heterocycles. The fraction of sp³-hybridized carbons (Fsp3) is 0.111. The third-order valence-corrected chi connectivity index (χ3v) is 3.40. The van der Waals surface area contributed by atoms with E-state index in [0.29, 0.717) is 16.8 Å². The van der Waals surface area contributed by atoms with Gasteiger partial charge in [0.1, 0.15) is 11.6 Å². The zero-order valence-corrected chi connectivity index (χ0v) is 13.1. The maximum absolute atomic E-state index is 13.5. The molecule has 0 radical (unpaired) electrons. The van der Waals surface area contributed by atoms with Crippen LogP contribution in [0.25, 0.3) is 6.08 Å². The lowest BCUT2D eigenvalue weighted by Gasteiger charge is -2.10. The van der Waals surface area contributed by atoms with Crippen LogP contribution in [0.2, 0.25) is 0 Å². The molecule has 24 heavy (non-hydrogen) atoms. The molecule has 1 amide bonds. The molecule has 2 aromatic carbocycles. The van der Waals surface area contributed by atoms with E-state index < -0.39 is 23.5 Å². The highest BCUT2D eigenvalue weighted by Gasteiger charge is 2.13. The number of halogens is 2. The summed E-state index contributed by atoms with van der Waals surface area (Å²) < 4.78 is 31.7. The number of amides is 1. The molecule has 0 aliphatic heterocycles. The van der Waals surface area contributed by atoms with Crippen molar-refractivity contribution in [3.63, 3.8) is 0 Å². The molecule has 124 valence electrons. The number of ether oxygens (including phenoxy) is 1. The van der Waals surface area contributed by atoms with Gasteiger partial charge in [-0.3, -0.25) is 4.79 Å². The van der Waals surface area contributed by atoms with Crippen molar-refractivity contribution in [2.45, 2.75) is 6.92 Å². The topological polar surface area (TPSA) is 55.4 Å². The Morgan fingerprint density at radius 2 is 1.71 bits per heavy atom. The fourth-order valence-electron chi connectivity index (χ4n) is 2.11. The Kier molecular flexibility index (Phi) is 5.42. The van der Waals surface area contributed by atoms with Crippen LogP contribution >= 0.6 is 0 Å². The molecular weight excluding hydrogens is 316 g/mol. The predicted octanol–water partition coefficient (Wildman–Crippen LogP) is 3.71. The van der Waals surface area contributed by atoms with E-state index in [1.54, 1.807) is 25.1 Å². The fourth-order valence-corrected chi connectivity index (χ4v) is 2.11. The molecular formula is C18H15F2NO3. The summed E-state index contributed by atoms with van der Waals surface area (Å²) in [7, 11) is 1.26. The number of hydrogen-bond donors (Lipinski definition) is 1. The average molecular weight is 331 g/mol. The highest BCUT2D eigenvalue weighted by Crippen LogP contribution is 2.20. The molecule has 0 fully saturated rings. The van der Waals surface area contributed by atoms with Gasteiger partial charge < -0.3 is 10.1 Å². The van der Waals surface area contributed by atoms with Gasteiger partial charge in [0.25, 0.3) is 0 Å². The summed E-state index contributed by atoms with van der Waals surface area (Å²) in [5.74, 6) is -2.62. The van der Waals surface area contributed by atoms with Gasteiger partial charge >= 0.3 is 5.97 Å². The molecule has 0 aromatic heterocycles. The van der Waals surface area contributed by atoms with Crippen molar-refractivity contribution in [2.75, 3.05) is 12.4 Å². The van der Waals surface area contributed by atoms with E-state index in [-0.39, 0.29) is 5.56 Å². The molecule has 2 rings (SSSR count). The number of carbonyl (C=O) groups is 2. The summed E-state index contributed by atoms with van der Waals surface area (Å²) in [5, 5.41) is 2.56. The summed E-state index contributed by atoms with van der Waals surface area (Å²) in [4.78, 5) is 23.6. The number of esters is 1. The summed E-state index contributed by atoms with van der Waals surface area (Å²) in [5.41, 5.74) is 0.955. The normalized spacial score (nSPS) is 10.7. The van der Waals surface area contributed by atoms with Crippen LogP contribution in [0, 0.1) is 18.6 Å². The third-order valence-electron chi connectivity index (χ3n) is 3.40. The standard InChI is InChI=1S/C18H15F2NO3/c1-11-12(18(23)24-2)5-3-8-16(11)21-17(22)10-9-13-14(19)6-4-7-15(13)20/h3-10H,1-2H3,(H,21,22). The van der Waals surface area contributed by atoms with Crippen LogP contribution < -0.4 is 5.32 Å². The lowest BCUT2D eigenvalue weighted by Crippen LogP contribution is -2.12. The summed E-state index contributed by atoms with van der Waals surface area (Å²) in [6.07, 6.45) is 2.07. The van der Waals surface area contributed by atoms with Gasteiger partial charge in [0.15, 0.2) is 0 Å². The zero-order chi connectivity index (χ0) is 17.7. The lowest BCUT2D eigenvalue weighted by molar-refractivity contribution is -0.111. The van der Waals surface area contributed by atoms with Crippen LogP contribution in [-0.2, 0) is 9.53 Å². The van der Waals surface area contributed by atoms with Crippen LogP contribution in [0.3, 0.4) is 0 Å². The van der Waals surface area contributed by atoms with Crippen LogP contribution in [0.4, 0.5) is 14.5 Å². The summed E-state index contributed by atoms with van der Waals surface area (Å²) in [6.45, 7) is 1.65. The summed E-state index contributed by atoms with van der Waals surface area (Å²) >= 11 is 0. The highest BCUT2D eigenvalue weighted by atomic mass is 19.1. The van der Waals surface area contributed by atoms with Crippen LogP contribution in [0.15, 0.2) is 42.5 Å². The quantitative estimate of drug-likeness (QED) is 0.686. The largest absolute Gasteiger partial charge is 0.465 e. The first-order chi connectivity index (χ1) is 11.4. The molecule has 0 bridgehead atoms. The van der Waals surface area contributed by atoms with E-state index in [0.717, 1.165) is 24.3 Å². The Labute approximate surface area is 137 Å². The van der Waals surface area contributed by atoms with E-state index in [2.05, 4.69) is 10.1 Å². The Hall–Kier alpha value is -3.02. The van der Waals surface area contributed by atoms with Crippen molar-refractivity contribution < 1.29 is 23.1 Å². The van der Waals surface area contributed by atoms with Gasteiger partial charge in [-0.2, -0.15) is 0 Å². The van der Waals surface area contributed by atoms with E-state index in [9.17, 15) is 18.4 Å². The van der Waals surface area contributed by atoms with E-state index in [4.69, 9.17) is 0 Å². The van der Waals surface area contributed by atoms with Gasteiger partial charge in [0.05, 0.1) is 12.7 Å². The Bertz CT molecular complexity index is 796. The molecule has 0 heterocycles. The Morgan fingerprint density at radius 3 is 2.33 bits per heavy atom. The lowest BCUT2D eigenvalue weighted by atomic mass is 10.1. The van der Waals surface area contributed by atoms with Crippen molar-refractivity contribution in [3.8, 4) is 0 Å². The van der Waals surface area contributed by atoms with Crippen molar-refractivity contribution in [2.24, 2.45) is 0 Å². The third kappa shape index (κ3) is 3.84. The van der Waals surface area contributed by atoms with Gasteiger partial charge in [-0.05, 0) is 42.8 Å². The number of carbonyl (C=O) groups excluding carboxylic acids is 2. The number of rotatable bonds is 4. The number of hydrogen-bond acceptors (Lipinski definition) is 3. The van der Waals surface area contributed by atoms with Crippen LogP contribution in [0.5, 0.6) is 0 Å². The molecule has 1 N–H and O–H groups in total. The van der Waals surface area contributed by atoms with E-state index in [1.807, 2.05) is 0 Å². The van der Waals surface area contributed by atoms with Gasteiger partial charge in [-0.25, -0.2) is 13.6 Å². The second kappa shape index (κ2) is 7.50. The van der Waals surface area contributed by atoms with Crippen molar-refractivity contribution in [1.82, 2.24) is 0 Å². The molecule has 0 unspecified atom stereocenters. The molecule has 0 spiro atoms. The minimum Gasteiger partial charge on any atom is -0.465 e. The van der Waals surface area contributed by atoms with Crippen LogP contribution in [-0.4, -0.2) is 19.0 Å². The number of nitrogens with one attached hydrogen (secondary N) is 1. The number of methoxy groups -OCH3 is 1. The maximum atomic E-state index is 13.5. The minimum absolute atomic E-state index is 0.298. The smallest absolute Gasteiger partial charge is 0.338 e. The molecule has 6 heteroatoms. The first-order valence-corrected chi connectivity index (χ1v) is 7.05. The molecule has 0 saturated carbocycles. The first kappa shape index (κ1) is 17.3. The van der Waals surface area contributed by atoms with Gasteiger partial charge in [-0.1, -0.05) is 12.1 Å². The second-order valence-corrected chi connectivity index (χ2v) is 4.93. The Morgan fingerprint density at radius 1 is 1.08 bits per heavy atom. The zero-order valence-electron chi connectivity index (χ0n) is 13.1. The van der Waals surface area contributed by atoms with Gasteiger partial charge in [0, 0.05) is 17.3 Å². The average Bonchev–Trinajstić information content (AvgIpc) is 2.55. The molecule has 2 aromatic rings. The molecule has 0 atom stereocenters. The van der Waals surface area contributed by atoms with E-state index >= 15 is 0 Å².